The summed E-state index contributed by atoms with van der Waals surface area (Å²) in [5.41, 5.74) is 3.94. The molecule has 2 aromatic carbocycles. The Bertz CT molecular complexity index is 1340. The van der Waals surface area contributed by atoms with Gasteiger partial charge in [0, 0.05) is 24.1 Å². The maximum atomic E-state index is 12.0. The molecule has 4 rings (SSSR count). The Kier molecular flexibility index (Phi) is 9.07. The van der Waals surface area contributed by atoms with Crippen LogP contribution in [0.4, 0.5) is 11.5 Å². The number of aliphatic hydroxyl groups excluding tert-OH is 2. The largest absolute Gasteiger partial charge is 0.491 e. The third-order valence-corrected chi connectivity index (χ3v) is 6.19. The van der Waals surface area contributed by atoms with Crippen LogP contribution in [-0.4, -0.2) is 56.4 Å². The van der Waals surface area contributed by atoms with Crippen molar-refractivity contribution in [3.05, 3.63) is 64.3 Å². The molecule has 194 valence electrons. The van der Waals surface area contributed by atoms with E-state index in [9.17, 15) is 9.90 Å². The lowest BCUT2D eigenvalue weighted by molar-refractivity contribution is -0.130. The van der Waals surface area contributed by atoms with Crippen molar-refractivity contribution in [3.63, 3.8) is 0 Å². The lowest BCUT2D eigenvalue weighted by Crippen LogP contribution is -2.42. The Morgan fingerprint density at radius 1 is 1.16 bits per heavy atom. The van der Waals surface area contributed by atoms with Crippen LogP contribution in [-0.2, 0) is 11.4 Å². The number of benzene rings is 2. The molecule has 2 atom stereocenters. The molecular formula is C25H26ClN5O5S. The van der Waals surface area contributed by atoms with Crippen LogP contribution in [0.5, 0.6) is 11.5 Å². The zero-order valence-electron chi connectivity index (χ0n) is 19.9. The van der Waals surface area contributed by atoms with Gasteiger partial charge < -0.3 is 30.3 Å². The highest BCUT2D eigenvalue weighted by Crippen LogP contribution is 2.34. The Hall–Kier alpha value is -3.51. The highest BCUT2D eigenvalue weighted by atomic mass is 35.5. The average Bonchev–Trinajstić information content (AvgIpc) is 3.41. The molecule has 0 aliphatic carbocycles. The molecule has 0 spiro atoms. The van der Waals surface area contributed by atoms with Crippen molar-refractivity contribution in [3.8, 4) is 11.5 Å². The molecule has 2 heterocycles. The molecule has 10 nitrogen and oxygen atoms in total. The van der Waals surface area contributed by atoms with Gasteiger partial charge in [-0.15, -0.1) is 11.3 Å². The van der Waals surface area contributed by atoms with Gasteiger partial charge in [-0.1, -0.05) is 17.7 Å². The standard InChI is InChI=1S/C25H26ClN5O5S/c1-15(30-25(34)20(33)7-8-32)10-35-22-4-2-3-19-23(22)24(28-13-27-19)31-16-5-6-21(18(26)9-16)36-11-17-12-37-14-29-17/h2-6,9,12-15,20,32-33H,7-8,10-11H2,1H3,(H,30,34)(H,27,28,31)/t15-,20+/m1/s1. The molecule has 0 radical (unpaired) electrons. The van der Waals surface area contributed by atoms with E-state index >= 15 is 0 Å². The molecular weight excluding hydrogens is 518 g/mol. The van der Waals surface area contributed by atoms with Crippen molar-refractivity contribution in [1.82, 2.24) is 20.3 Å². The van der Waals surface area contributed by atoms with Crippen LogP contribution in [0.2, 0.25) is 5.02 Å². The van der Waals surface area contributed by atoms with E-state index in [1.165, 1.54) is 17.7 Å². The molecule has 37 heavy (non-hydrogen) atoms. The highest BCUT2D eigenvalue weighted by Gasteiger charge is 2.18. The van der Waals surface area contributed by atoms with Gasteiger partial charge in [0.1, 0.15) is 43.0 Å². The smallest absolute Gasteiger partial charge is 0.249 e. The number of hydrogen-bond acceptors (Lipinski definition) is 10. The normalized spacial score (nSPS) is 12.6. The SMILES string of the molecule is C[C@H](COc1cccc2ncnc(Nc3ccc(OCc4cscn4)c(Cl)c3)c12)NC(=O)[C@@H](O)CCO. The number of rotatable bonds is 12. The lowest BCUT2D eigenvalue weighted by Gasteiger charge is -2.18. The molecule has 0 fully saturated rings. The molecule has 0 aliphatic heterocycles. The van der Waals surface area contributed by atoms with Gasteiger partial charge in [-0.3, -0.25) is 4.79 Å². The summed E-state index contributed by atoms with van der Waals surface area (Å²) in [4.78, 5) is 24.9. The number of hydrogen-bond donors (Lipinski definition) is 4. The molecule has 4 N–H and O–H groups in total. The van der Waals surface area contributed by atoms with Crippen LogP contribution in [0.25, 0.3) is 10.9 Å². The maximum absolute atomic E-state index is 12.0. The Morgan fingerprint density at radius 2 is 2.03 bits per heavy atom. The number of carbonyl (C=O) groups excluding carboxylic acids is 1. The Balaban J connectivity index is 1.47. The molecule has 12 heteroatoms. The molecule has 0 bridgehead atoms. The van der Waals surface area contributed by atoms with Crippen molar-refractivity contribution in [2.75, 3.05) is 18.5 Å². The molecule has 0 aliphatic rings. The summed E-state index contributed by atoms with van der Waals surface area (Å²) in [5, 5.41) is 27.6. The minimum atomic E-state index is -1.27. The van der Waals surface area contributed by atoms with E-state index in [0.717, 1.165) is 5.69 Å². The maximum Gasteiger partial charge on any atom is 0.249 e. The molecule has 4 aromatic rings. The van der Waals surface area contributed by atoms with Crippen LogP contribution in [0, 0.1) is 0 Å². The van der Waals surface area contributed by atoms with Crippen molar-refractivity contribution in [2.24, 2.45) is 0 Å². The summed E-state index contributed by atoms with van der Waals surface area (Å²) < 4.78 is 11.8. The number of aliphatic hydroxyl groups is 2. The summed E-state index contributed by atoms with van der Waals surface area (Å²) in [6.45, 7) is 1.94. The second-order valence-electron chi connectivity index (χ2n) is 8.16. The van der Waals surface area contributed by atoms with Gasteiger partial charge in [0.05, 0.1) is 33.2 Å². The molecule has 0 saturated heterocycles. The zero-order valence-corrected chi connectivity index (χ0v) is 21.5. The second-order valence-corrected chi connectivity index (χ2v) is 9.29. The number of anilines is 2. The minimum Gasteiger partial charge on any atom is -0.491 e. The predicted molar refractivity (Wildman–Crippen MR) is 142 cm³/mol. The highest BCUT2D eigenvalue weighted by molar-refractivity contribution is 7.07. The fraction of sp³-hybridized carbons (Fsp3) is 0.280. The van der Waals surface area contributed by atoms with Crippen molar-refractivity contribution in [1.29, 1.82) is 0 Å². The first-order valence-electron chi connectivity index (χ1n) is 11.5. The average molecular weight is 544 g/mol. The number of amides is 1. The van der Waals surface area contributed by atoms with Crippen LogP contribution >= 0.6 is 22.9 Å². The van der Waals surface area contributed by atoms with Gasteiger partial charge in [-0.2, -0.15) is 0 Å². The van der Waals surface area contributed by atoms with Gasteiger partial charge in [-0.25, -0.2) is 15.0 Å². The molecule has 0 saturated carbocycles. The third-order valence-electron chi connectivity index (χ3n) is 5.26. The number of halogens is 1. The number of thiazole rings is 1. The van der Waals surface area contributed by atoms with Gasteiger partial charge in [-0.05, 0) is 37.3 Å². The number of aromatic nitrogens is 3. The van der Waals surface area contributed by atoms with Crippen LogP contribution in [0.1, 0.15) is 19.0 Å². The van der Waals surface area contributed by atoms with E-state index in [-0.39, 0.29) is 19.6 Å². The minimum absolute atomic E-state index is 0.0297. The topological polar surface area (TPSA) is 139 Å². The summed E-state index contributed by atoms with van der Waals surface area (Å²) in [6, 6.07) is 10.4. The zero-order chi connectivity index (χ0) is 26.2. The van der Waals surface area contributed by atoms with E-state index < -0.39 is 18.1 Å². The monoisotopic (exact) mass is 543 g/mol. The van der Waals surface area contributed by atoms with Crippen molar-refractivity contribution in [2.45, 2.75) is 32.1 Å². The number of ether oxygens (including phenoxy) is 2. The van der Waals surface area contributed by atoms with E-state index in [0.29, 0.717) is 45.5 Å². The van der Waals surface area contributed by atoms with Crippen LogP contribution in [0.15, 0.2) is 53.6 Å². The van der Waals surface area contributed by atoms with Gasteiger partial charge in [0.2, 0.25) is 5.91 Å². The fourth-order valence-electron chi connectivity index (χ4n) is 3.44. The van der Waals surface area contributed by atoms with Gasteiger partial charge in [0.15, 0.2) is 0 Å². The fourth-order valence-corrected chi connectivity index (χ4v) is 4.21. The summed E-state index contributed by atoms with van der Waals surface area (Å²) in [5.74, 6) is 1.01. The number of nitrogens with one attached hydrogen (secondary N) is 2. The first kappa shape index (κ1) is 26.6. The molecule has 2 aromatic heterocycles. The van der Waals surface area contributed by atoms with E-state index in [4.69, 9.17) is 26.2 Å². The summed E-state index contributed by atoms with van der Waals surface area (Å²) in [6.07, 6.45) is 0.148. The summed E-state index contributed by atoms with van der Waals surface area (Å²) in [7, 11) is 0. The number of fused-ring (bicyclic) bond motifs is 1. The van der Waals surface area contributed by atoms with Gasteiger partial charge >= 0.3 is 0 Å². The Morgan fingerprint density at radius 3 is 2.78 bits per heavy atom. The van der Waals surface area contributed by atoms with Crippen molar-refractivity contribution >= 4 is 51.3 Å². The predicted octanol–water partition coefficient (Wildman–Crippen LogP) is 3.69. The van der Waals surface area contributed by atoms with Crippen LogP contribution < -0.4 is 20.1 Å². The number of nitrogens with zero attached hydrogens (tertiary/aromatic N) is 3. The number of carbonyl (C=O) groups is 1. The van der Waals surface area contributed by atoms with Crippen molar-refractivity contribution < 1.29 is 24.5 Å². The summed E-state index contributed by atoms with van der Waals surface area (Å²) >= 11 is 7.95. The first-order chi connectivity index (χ1) is 17.9. The molecule has 0 unspecified atom stereocenters. The third kappa shape index (κ3) is 7.04. The molecule has 1 amide bonds. The lowest BCUT2D eigenvalue weighted by atomic mass is 10.2. The van der Waals surface area contributed by atoms with Crippen LogP contribution in [0.3, 0.4) is 0 Å². The second kappa shape index (κ2) is 12.6. The van der Waals surface area contributed by atoms with E-state index in [2.05, 4.69) is 25.6 Å². The van der Waals surface area contributed by atoms with E-state index in [1.54, 1.807) is 30.6 Å². The van der Waals surface area contributed by atoms with E-state index in [1.807, 2.05) is 23.6 Å². The first-order valence-corrected chi connectivity index (χ1v) is 12.8. The quantitative estimate of drug-likeness (QED) is 0.211. The Labute approximate surface area is 222 Å². The van der Waals surface area contributed by atoms with Gasteiger partial charge in [0.25, 0.3) is 0 Å².